The van der Waals surface area contributed by atoms with Crippen LogP contribution in [0, 0.1) is 0 Å². The van der Waals surface area contributed by atoms with E-state index in [9.17, 15) is 0 Å². The van der Waals surface area contributed by atoms with Crippen molar-refractivity contribution < 1.29 is 0 Å². The zero-order valence-electron chi connectivity index (χ0n) is 10.1. The summed E-state index contributed by atoms with van der Waals surface area (Å²) in [7, 11) is 0. The molecule has 1 unspecified atom stereocenters. The van der Waals surface area contributed by atoms with Crippen molar-refractivity contribution in [2.75, 3.05) is 31.1 Å². The molecule has 4 nitrogen and oxygen atoms in total. The first kappa shape index (κ1) is 12.5. The number of aromatic nitrogens is 2. The van der Waals surface area contributed by atoms with Gasteiger partial charge in [0.25, 0.3) is 0 Å². The zero-order chi connectivity index (χ0) is 12.5. The van der Waals surface area contributed by atoms with Crippen LogP contribution in [0.1, 0.15) is 19.3 Å². The van der Waals surface area contributed by atoms with Gasteiger partial charge in [-0.1, -0.05) is 23.2 Å². The van der Waals surface area contributed by atoms with Crippen molar-refractivity contribution in [3.05, 3.63) is 16.4 Å². The fraction of sp³-hybridized carbons (Fsp3) is 0.667. The van der Waals surface area contributed by atoms with Crippen molar-refractivity contribution >= 4 is 28.9 Å². The molecular formula is C12H16Cl2N4. The average Bonchev–Trinajstić information content (AvgIpc) is 3.00. The molecule has 0 aliphatic carbocycles. The summed E-state index contributed by atoms with van der Waals surface area (Å²) in [4.78, 5) is 4.86. The molecule has 98 valence electrons. The number of halogens is 2. The SMILES string of the molecule is Clc1cc(N2CCC(N3CCCC3)C2)c(Cl)nn1. The minimum absolute atomic E-state index is 0.402. The molecular weight excluding hydrogens is 271 g/mol. The first-order chi connectivity index (χ1) is 8.74. The maximum absolute atomic E-state index is 6.10. The highest BCUT2D eigenvalue weighted by atomic mass is 35.5. The van der Waals surface area contributed by atoms with Crippen LogP contribution in [-0.2, 0) is 0 Å². The van der Waals surface area contributed by atoms with Crippen molar-refractivity contribution in [3.8, 4) is 0 Å². The summed E-state index contributed by atoms with van der Waals surface area (Å²) in [5.74, 6) is 0. The monoisotopic (exact) mass is 286 g/mol. The highest BCUT2D eigenvalue weighted by molar-refractivity contribution is 6.33. The van der Waals surface area contributed by atoms with E-state index in [1.165, 1.54) is 32.4 Å². The Morgan fingerprint density at radius 2 is 1.89 bits per heavy atom. The van der Waals surface area contributed by atoms with E-state index in [-0.39, 0.29) is 0 Å². The Bertz CT molecular complexity index is 434. The average molecular weight is 287 g/mol. The molecule has 0 aromatic carbocycles. The van der Waals surface area contributed by atoms with E-state index in [0.717, 1.165) is 18.8 Å². The molecule has 0 amide bonds. The van der Waals surface area contributed by atoms with Gasteiger partial charge in [0.05, 0.1) is 5.69 Å². The van der Waals surface area contributed by atoms with E-state index in [1.807, 2.05) is 6.07 Å². The van der Waals surface area contributed by atoms with Crippen LogP contribution in [0.4, 0.5) is 5.69 Å². The number of nitrogens with zero attached hydrogens (tertiary/aromatic N) is 4. The Morgan fingerprint density at radius 1 is 1.11 bits per heavy atom. The van der Waals surface area contributed by atoms with Crippen LogP contribution in [-0.4, -0.2) is 47.3 Å². The second kappa shape index (κ2) is 5.19. The maximum atomic E-state index is 6.10. The third-order valence-electron chi connectivity index (χ3n) is 3.86. The van der Waals surface area contributed by atoms with E-state index in [0.29, 0.717) is 16.3 Å². The number of anilines is 1. The fourth-order valence-corrected chi connectivity index (χ4v) is 3.28. The lowest BCUT2D eigenvalue weighted by molar-refractivity contribution is 0.260. The van der Waals surface area contributed by atoms with Crippen LogP contribution in [0.25, 0.3) is 0 Å². The van der Waals surface area contributed by atoms with Gasteiger partial charge >= 0.3 is 0 Å². The Hall–Kier alpha value is -0.580. The van der Waals surface area contributed by atoms with Crippen molar-refractivity contribution in [1.82, 2.24) is 15.1 Å². The molecule has 6 heteroatoms. The second-order valence-corrected chi connectivity index (χ2v) is 5.72. The van der Waals surface area contributed by atoms with Gasteiger partial charge in [-0.25, -0.2) is 0 Å². The normalized spacial score (nSPS) is 25.0. The van der Waals surface area contributed by atoms with E-state index in [2.05, 4.69) is 20.0 Å². The smallest absolute Gasteiger partial charge is 0.175 e. The molecule has 2 aliphatic heterocycles. The Morgan fingerprint density at radius 3 is 2.67 bits per heavy atom. The lowest BCUT2D eigenvalue weighted by Crippen LogP contribution is -2.35. The summed E-state index contributed by atoms with van der Waals surface area (Å²) in [6, 6.07) is 2.46. The summed E-state index contributed by atoms with van der Waals surface area (Å²) in [5, 5.41) is 8.48. The third kappa shape index (κ3) is 2.42. The highest BCUT2D eigenvalue weighted by Crippen LogP contribution is 2.30. The van der Waals surface area contributed by atoms with Gasteiger partial charge in [-0.15, -0.1) is 10.2 Å². The fourth-order valence-electron chi connectivity index (χ4n) is 2.93. The molecule has 1 atom stereocenters. The van der Waals surface area contributed by atoms with E-state index in [4.69, 9.17) is 23.2 Å². The standard InChI is InChI=1S/C12H16Cl2N4/c13-11-7-10(12(14)16-15-11)18-6-3-9(8-18)17-4-1-2-5-17/h7,9H,1-6,8H2. The lowest BCUT2D eigenvalue weighted by Gasteiger charge is -2.24. The van der Waals surface area contributed by atoms with Crippen LogP contribution in [0.3, 0.4) is 0 Å². The first-order valence-corrected chi connectivity index (χ1v) is 7.17. The lowest BCUT2D eigenvalue weighted by atomic mass is 10.2. The summed E-state index contributed by atoms with van der Waals surface area (Å²) in [6.45, 7) is 4.51. The van der Waals surface area contributed by atoms with Gasteiger partial charge in [-0.2, -0.15) is 0 Å². The number of hydrogen-bond donors (Lipinski definition) is 0. The topological polar surface area (TPSA) is 32.3 Å². The van der Waals surface area contributed by atoms with Gasteiger partial charge in [0.15, 0.2) is 10.3 Å². The summed E-state index contributed by atoms with van der Waals surface area (Å²) >= 11 is 12.0. The molecule has 18 heavy (non-hydrogen) atoms. The molecule has 0 radical (unpaired) electrons. The van der Waals surface area contributed by atoms with E-state index >= 15 is 0 Å². The van der Waals surface area contributed by atoms with Crippen LogP contribution >= 0.6 is 23.2 Å². The Labute approximate surface area is 117 Å². The molecule has 1 aromatic rings. The largest absolute Gasteiger partial charge is 0.367 e. The summed E-state index contributed by atoms with van der Waals surface area (Å²) < 4.78 is 0. The predicted octanol–water partition coefficient (Wildman–Crippen LogP) is 2.46. The molecule has 1 aromatic heterocycles. The Kier molecular flexibility index (Phi) is 3.59. The predicted molar refractivity (Wildman–Crippen MR) is 73.5 cm³/mol. The molecule has 3 rings (SSSR count). The second-order valence-electron chi connectivity index (χ2n) is 4.97. The van der Waals surface area contributed by atoms with Crippen LogP contribution < -0.4 is 4.90 Å². The first-order valence-electron chi connectivity index (χ1n) is 6.42. The summed E-state index contributed by atoms with van der Waals surface area (Å²) in [6.07, 6.45) is 3.86. The van der Waals surface area contributed by atoms with Crippen LogP contribution in [0.2, 0.25) is 10.3 Å². The Balaban J connectivity index is 1.72. The molecule has 0 spiro atoms. The molecule has 2 fully saturated rings. The minimum Gasteiger partial charge on any atom is -0.367 e. The van der Waals surface area contributed by atoms with Gasteiger partial charge in [-0.05, 0) is 32.4 Å². The molecule has 0 N–H and O–H groups in total. The zero-order valence-corrected chi connectivity index (χ0v) is 11.7. The quantitative estimate of drug-likeness (QED) is 0.836. The van der Waals surface area contributed by atoms with Crippen molar-refractivity contribution in [2.45, 2.75) is 25.3 Å². The van der Waals surface area contributed by atoms with Gasteiger partial charge < -0.3 is 4.90 Å². The molecule has 3 heterocycles. The van der Waals surface area contributed by atoms with E-state index < -0.39 is 0 Å². The van der Waals surface area contributed by atoms with Gasteiger partial charge in [0.2, 0.25) is 0 Å². The van der Waals surface area contributed by atoms with Crippen molar-refractivity contribution in [2.24, 2.45) is 0 Å². The van der Waals surface area contributed by atoms with Gasteiger partial charge in [0.1, 0.15) is 0 Å². The number of rotatable bonds is 2. The molecule has 2 aliphatic rings. The van der Waals surface area contributed by atoms with Gasteiger partial charge in [0, 0.05) is 25.2 Å². The maximum Gasteiger partial charge on any atom is 0.175 e. The third-order valence-corrected chi connectivity index (χ3v) is 4.32. The van der Waals surface area contributed by atoms with Crippen molar-refractivity contribution in [3.63, 3.8) is 0 Å². The van der Waals surface area contributed by atoms with Gasteiger partial charge in [-0.3, -0.25) is 4.90 Å². The number of hydrogen-bond acceptors (Lipinski definition) is 4. The molecule has 0 saturated carbocycles. The van der Waals surface area contributed by atoms with Crippen LogP contribution in [0.5, 0.6) is 0 Å². The number of likely N-dealkylation sites (tertiary alicyclic amines) is 1. The molecule has 0 bridgehead atoms. The van der Waals surface area contributed by atoms with Crippen molar-refractivity contribution in [1.29, 1.82) is 0 Å². The molecule has 2 saturated heterocycles. The minimum atomic E-state index is 0.402. The highest BCUT2D eigenvalue weighted by Gasteiger charge is 2.30. The van der Waals surface area contributed by atoms with E-state index in [1.54, 1.807) is 0 Å². The van der Waals surface area contributed by atoms with Crippen LogP contribution in [0.15, 0.2) is 6.07 Å². The summed E-state index contributed by atoms with van der Waals surface area (Å²) in [5.41, 5.74) is 0.915.